The van der Waals surface area contributed by atoms with Crippen LogP contribution in [0.15, 0.2) is 65.2 Å². The number of rotatable bonds is 3. The zero-order valence-electron chi connectivity index (χ0n) is 14.6. The van der Waals surface area contributed by atoms with Crippen molar-refractivity contribution in [1.82, 2.24) is 10.3 Å². The van der Waals surface area contributed by atoms with Crippen molar-refractivity contribution < 1.29 is 19.1 Å². The molecule has 0 radical (unpaired) electrons. The lowest BCUT2D eigenvalue weighted by molar-refractivity contribution is 0.0689. The van der Waals surface area contributed by atoms with Crippen LogP contribution in [0.3, 0.4) is 0 Å². The average molecular weight is 366 g/mol. The number of benzene rings is 1. The highest BCUT2D eigenvalue weighted by Gasteiger charge is 2.10. The van der Waals surface area contributed by atoms with E-state index in [0.29, 0.717) is 5.69 Å². The van der Waals surface area contributed by atoms with Crippen LogP contribution in [0.4, 0.5) is 5.69 Å². The summed E-state index contributed by atoms with van der Waals surface area (Å²) in [6, 6.07) is 9.73. The van der Waals surface area contributed by atoms with Gasteiger partial charge in [0.15, 0.2) is 0 Å². The number of nitrogens with one attached hydrogen (secondary N) is 1. The number of aryl methyl sites for hydroxylation is 1. The number of furan rings is 1. The zero-order valence-corrected chi connectivity index (χ0v) is 14.6. The molecule has 0 aliphatic rings. The minimum Gasteiger partial charge on any atom is -0.477 e. The number of nitrogens with two attached hydrogens (primary N) is 1. The Morgan fingerprint density at radius 2 is 1.96 bits per heavy atom. The van der Waals surface area contributed by atoms with Gasteiger partial charge >= 0.3 is 5.97 Å². The smallest absolute Gasteiger partial charge is 0.354 e. The van der Waals surface area contributed by atoms with Gasteiger partial charge in [0.2, 0.25) is 5.96 Å². The Balaban J connectivity index is 0.00000126. The molecule has 0 aliphatic heterocycles. The molecule has 0 spiro atoms. The van der Waals surface area contributed by atoms with Crippen molar-refractivity contribution in [1.29, 1.82) is 0 Å². The number of guanidine groups is 1. The monoisotopic (exact) mass is 366 g/mol. The summed E-state index contributed by atoms with van der Waals surface area (Å²) in [5, 5.41) is 12.1. The van der Waals surface area contributed by atoms with Gasteiger partial charge in [0, 0.05) is 11.6 Å². The van der Waals surface area contributed by atoms with E-state index in [1.807, 2.05) is 13.0 Å². The van der Waals surface area contributed by atoms with Crippen LogP contribution in [0, 0.1) is 6.92 Å². The number of aliphatic imine (C=N–C) groups is 1. The highest BCUT2D eigenvalue weighted by Crippen LogP contribution is 2.24. The second-order valence-electron chi connectivity index (χ2n) is 5.27. The fourth-order valence-electron chi connectivity index (χ4n) is 2.24. The maximum absolute atomic E-state index is 12.1. The second-order valence-corrected chi connectivity index (χ2v) is 5.27. The van der Waals surface area contributed by atoms with Crippen molar-refractivity contribution in [3.63, 3.8) is 0 Å². The first kappa shape index (κ1) is 19.4. The molecule has 0 aliphatic carbocycles. The average Bonchev–Trinajstić information content (AvgIpc) is 3.02. The van der Waals surface area contributed by atoms with Gasteiger partial charge in [-0.2, -0.15) is 0 Å². The van der Waals surface area contributed by atoms with Gasteiger partial charge in [-0.25, -0.2) is 14.8 Å². The first-order valence-corrected chi connectivity index (χ1v) is 7.77. The summed E-state index contributed by atoms with van der Waals surface area (Å²) < 4.78 is 5.48. The highest BCUT2D eigenvalue weighted by atomic mass is 16.4. The van der Waals surface area contributed by atoms with Crippen molar-refractivity contribution in [2.45, 2.75) is 6.92 Å². The van der Waals surface area contributed by atoms with Crippen molar-refractivity contribution >= 4 is 34.5 Å². The SMILES string of the molecule is C=C.Cc1cc2cc(N=C(N)NC(=O)c3ccc(C(=O)O)nc3)ccc2o1. The molecule has 0 unspecified atom stereocenters. The fourth-order valence-corrected chi connectivity index (χ4v) is 2.24. The molecule has 0 bridgehead atoms. The molecular weight excluding hydrogens is 348 g/mol. The number of carboxylic acid groups (broad SMARTS) is 1. The van der Waals surface area contributed by atoms with Gasteiger partial charge in [0.1, 0.15) is 17.0 Å². The van der Waals surface area contributed by atoms with E-state index in [2.05, 4.69) is 28.5 Å². The van der Waals surface area contributed by atoms with Crippen LogP contribution < -0.4 is 11.1 Å². The molecule has 1 aromatic carbocycles. The number of pyridine rings is 1. The molecule has 0 saturated carbocycles. The predicted molar refractivity (Wildman–Crippen MR) is 102 cm³/mol. The van der Waals surface area contributed by atoms with Crippen LogP contribution in [0.5, 0.6) is 0 Å². The Labute approximate surface area is 155 Å². The van der Waals surface area contributed by atoms with Crippen LogP contribution in [0.1, 0.15) is 26.6 Å². The number of aromatic nitrogens is 1. The maximum atomic E-state index is 12.1. The third-order valence-electron chi connectivity index (χ3n) is 3.36. The first-order valence-electron chi connectivity index (χ1n) is 7.77. The van der Waals surface area contributed by atoms with Crippen LogP contribution in [0.25, 0.3) is 11.0 Å². The normalized spacial score (nSPS) is 10.8. The van der Waals surface area contributed by atoms with E-state index in [1.165, 1.54) is 12.1 Å². The summed E-state index contributed by atoms with van der Waals surface area (Å²) in [6.07, 6.45) is 1.16. The van der Waals surface area contributed by atoms with E-state index in [4.69, 9.17) is 15.3 Å². The van der Waals surface area contributed by atoms with E-state index >= 15 is 0 Å². The molecule has 3 aromatic rings. The highest BCUT2D eigenvalue weighted by molar-refractivity contribution is 6.06. The van der Waals surface area contributed by atoms with Gasteiger partial charge < -0.3 is 15.3 Å². The number of hydrogen-bond acceptors (Lipinski definition) is 5. The number of amides is 1. The lowest BCUT2D eigenvalue weighted by atomic mass is 10.2. The van der Waals surface area contributed by atoms with Crippen LogP contribution in [0.2, 0.25) is 0 Å². The summed E-state index contributed by atoms with van der Waals surface area (Å²) in [6.45, 7) is 7.85. The number of carboxylic acids is 1. The Hall–Kier alpha value is -3.94. The lowest BCUT2D eigenvalue weighted by Gasteiger charge is -2.04. The summed E-state index contributed by atoms with van der Waals surface area (Å²) in [5.41, 5.74) is 7.07. The fraction of sp³-hybridized carbons (Fsp3) is 0.0526. The van der Waals surface area contributed by atoms with E-state index in [9.17, 15) is 9.59 Å². The topological polar surface area (TPSA) is 131 Å². The van der Waals surface area contributed by atoms with Gasteiger partial charge in [0.05, 0.1) is 11.3 Å². The Bertz CT molecular complexity index is 1010. The standard InChI is InChI=1S/C17H14N4O4.C2H4/c1-9-6-11-7-12(3-5-14(11)25-9)20-17(18)21-15(22)10-2-4-13(16(23)24)19-8-10;1-2/h2-8H,1H3,(H,23,24)(H3,18,20,21,22);1-2H2. The first-order chi connectivity index (χ1) is 12.9. The summed E-state index contributed by atoms with van der Waals surface area (Å²) >= 11 is 0. The summed E-state index contributed by atoms with van der Waals surface area (Å²) in [7, 11) is 0. The predicted octanol–water partition coefficient (Wildman–Crippen LogP) is 3.01. The Morgan fingerprint density at radius 1 is 1.22 bits per heavy atom. The van der Waals surface area contributed by atoms with E-state index in [1.54, 1.807) is 18.2 Å². The third-order valence-corrected chi connectivity index (χ3v) is 3.36. The molecule has 4 N–H and O–H groups in total. The molecule has 0 saturated heterocycles. The largest absolute Gasteiger partial charge is 0.477 e. The van der Waals surface area contributed by atoms with Crippen LogP contribution >= 0.6 is 0 Å². The number of carbonyl (C=O) groups is 2. The molecular formula is C19H18N4O4. The van der Waals surface area contributed by atoms with Crippen molar-refractivity contribution in [3.05, 3.63) is 72.8 Å². The molecule has 8 heteroatoms. The Morgan fingerprint density at radius 3 is 2.59 bits per heavy atom. The molecule has 1 amide bonds. The van der Waals surface area contributed by atoms with E-state index in [-0.39, 0.29) is 17.2 Å². The zero-order chi connectivity index (χ0) is 20.0. The number of nitrogens with zero attached hydrogens (tertiary/aromatic N) is 2. The second kappa shape index (κ2) is 8.43. The maximum Gasteiger partial charge on any atom is 0.354 e. The minimum atomic E-state index is -1.17. The molecule has 3 rings (SSSR count). The molecule has 8 nitrogen and oxygen atoms in total. The number of carbonyl (C=O) groups excluding carboxylic acids is 1. The van der Waals surface area contributed by atoms with Gasteiger partial charge in [-0.15, -0.1) is 13.2 Å². The molecule has 138 valence electrons. The number of aromatic carboxylic acids is 1. The van der Waals surface area contributed by atoms with Gasteiger partial charge in [0.25, 0.3) is 5.91 Å². The molecule has 27 heavy (non-hydrogen) atoms. The quantitative estimate of drug-likeness (QED) is 0.371. The summed E-state index contributed by atoms with van der Waals surface area (Å²) in [5.74, 6) is -1.01. The molecule has 2 heterocycles. The molecule has 0 fully saturated rings. The van der Waals surface area contributed by atoms with Crippen LogP contribution in [-0.2, 0) is 0 Å². The van der Waals surface area contributed by atoms with Gasteiger partial charge in [-0.1, -0.05) is 0 Å². The summed E-state index contributed by atoms with van der Waals surface area (Å²) in [4.78, 5) is 30.6. The lowest BCUT2D eigenvalue weighted by Crippen LogP contribution is -2.36. The van der Waals surface area contributed by atoms with Crippen LogP contribution in [-0.4, -0.2) is 27.9 Å². The van der Waals surface area contributed by atoms with Crippen molar-refractivity contribution in [2.75, 3.05) is 0 Å². The minimum absolute atomic E-state index is 0.0909. The Kier molecular flexibility index (Phi) is 6.06. The van der Waals surface area contributed by atoms with Gasteiger partial charge in [-0.05, 0) is 43.3 Å². The molecule has 2 aromatic heterocycles. The molecule has 0 atom stereocenters. The number of fused-ring (bicyclic) bond motifs is 1. The van der Waals surface area contributed by atoms with E-state index in [0.717, 1.165) is 22.9 Å². The number of hydrogen-bond donors (Lipinski definition) is 3. The van der Waals surface area contributed by atoms with Gasteiger partial charge in [-0.3, -0.25) is 10.1 Å². The van der Waals surface area contributed by atoms with Crippen molar-refractivity contribution in [3.8, 4) is 0 Å². The van der Waals surface area contributed by atoms with Crippen molar-refractivity contribution in [2.24, 2.45) is 10.7 Å². The third kappa shape index (κ3) is 4.79. The van der Waals surface area contributed by atoms with E-state index < -0.39 is 11.9 Å².